The Balaban J connectivity index is 1.38. The second-order valence-electron chi connectivity index (χ2n) is 11.9. The molecular formula is C32H41FN4O4. The Morgan fingerprint density at radius 3 is 2.46 bits per heavy atom. The molecule has 8 nitrogen and oxygen atoms in total. The van der Waals surface area contributed by atoms with Crippen LogP contribution in [-0.2, 0) is 27.2 Å². The molecule has 3 aliphatic rings. The summed E-state index contributed by atoms with van der Waals surface area (Å²) in [5, 5.41) is 12.3. The fourth-order valence-corrected chi connectivity index (χ4v) is 5.47. The lowest BCUT2D eigenvalue weighted by atomic mass is 10.00. The minimum Gasteiger partial charge on any atom is -0.492 e. The summed E-state index contributed by atoms with van der Waals surface area (Å²) in [6, 6.07) is 12.0. The van der Waals surface area contributed by atoms with Crippen LogP contribution in [-0.4, -0.2) is 55.5 Å². The Bertz CT molecular complexity index is 1230. The normalized spacial score (nSPS) is 26.8. The fourth-order valence-electron chi connectivity index (χ4n) is 5.47. The molecule has 0 bridgehead atoms. The van der Waals surface area contributed by atoms with Crippen molar-refractivity contribution in [2.75, 3.05) is 19.7 Å². The first-order chi connectivity index (χ1) is 19.9. The zero-order valence-corrected chi connectivity index (χ0v) is 23.7. The van der Waals surface area contributed by atoms with Crippen LogP contribution in [0, 0.1) is 23.6 Å². The number of amides is 3. The molecule has 1 heterocycles. The van der Waals surface area contributed by atoms with Crippen molar-refractivity contribution < 1.29 is 23.5 Å². The minimum atomic E-state index is -0.727. The number of benzene rings is 2. The summed E-state index contributed by atoms with van der Waals surface area (Å²) in [5.41, 5.74) is 1.72. The molecule has 1 aliphatic heterocycles. The van der Waals surface area contributed by atoms with Gasteiger partial charge in [0, 0.05) is 13.1 Å². The van der Waals surface area contributed by atoms with E-state index in [1.165, 1.54) is 12.1 Å². The molecule has 0 aromatic heterocycles. The Morgan fingerprint density at radius 2 is 1.71 bits per heavy atom. The van der Waals surface area contributed by atoms with Gasteiger partial charge in [-0.15, -0.1) is 0 Å². The van der Waals surface area contributed by atoms with Crippen LogP contribution < -0.4 is 26.0 Å². The van der Waals surface area contributed by atoms with Crippen LogP contribution in [0.4, 0.5) is 4.39 Å². The van der Waals surface area contributed by atoms with E-state index in [9.17, 15) is 18.8 Å². The van der Waals surface area contributed by atoms with Crippen LogP contribution >= 0.6 is 0 Å². The maximum atomic E-state index is 13.9. The minimum absolute atomic E-state index is 0.0314. The number of hydrogen-bond acceptors (Lipinski definition) is 5. The summed E-state index contributed by atoms with van der Waals surface area (Å²) in [6.07, 6.45) is 5.36. The highest BCUT2D eigenvalue weighted by Crippen LogP contribution is 2.35. The van der Waals surface area contributed by atoms with Gasteiger partial charge in [0.05, 0.1) is 6.04 Å². The number of nitrogens with one attached hydrogen (secondary N) is 4. The van der Waals surface area contributed by atoms with E-state index in [0.29, 0.717) is 37.6 Å². The first kappa shape index (κ1) is 29.0. The van der Waals surface area contributed by atoms with Crippen molar-refractivity contribution in [2.45, 2.75) is 70.0 Å². The maximum Gasteiger partial charge on any atom is 0.243 e. The summed E-state index contributed by atoms with van der Waals surface area (Å²) in [4.78, 5) is 40.4. The van der Waals surface area contributed by atoms with Crippen molar-refractivity contribution in [3.05, 3.63) is 65.5 Å². The molecule has 5 rings (SSSR count). The highest BCUT2D eigenvalue weighted by Gasteiger charge is 2.40. The number of carbonyl (C=O) groups excluding carboxylic acids is 3. The zero-order chi connectivity index (χ0) is 28.8. The first-order valence-electron chi connectivity index (χ1n) is 14.9. The van der Waals surface area contributed by atoms with Crippen LogP contribution in [0.3, 0.4) is 0 Å². The van der Waals surface area contributed by atoms with Gasteiger partial charge in [-0.05, 0) is 79.2 Å². The molecule has 41 heavy (non-hydrogen) atoms. The average Bonchev–Trinajstić information content (AvgIpc) is 3.88. The SMILES string of the molecule is C[C@@H]1CNC(=O)[C@H](CC2CC2)NC(=O)[C@@H](C2CC2)NC(=O)[C@@H](Cc2cccc(F)c2)NCCOc2ccccc2C1. The van der Waals surface area contributed by atoms with E-state index >= 15 is 0 Å². The van der Waals surface area contributed by atoms with Crippen molar-refractivity contribution in [1.29, 1.82) is 0 Å². The van der Waals surface area contributed by atoms with E-state index in [4.69, 9.17) is 4.74 Å². The quantitative estimate of drug-likeness (QED) is 0.447. The second-order valence-corrected chi connectivity index (χ2v) is 11.9. The summed E-state index contributed by atoms with van der Waals surface area (Å²) >= 11 is 0. The van der Waals surface area contributed by atoms with E-state index in [-0.39, 0.29) is 41.8 Å². The third-order valence-electron chi connectivity index (χ3n) is 8.13. The molecule has 4 atom stereocenters. The van der Waals surface area contributed by atoms with Crippen molar-refractivity contribution in [2.24, 2.45) is 17.8 Å². The molecular weight excluding hydrogens is 523 g/mol. The molecule has 2 aromatic rings. The summed E-state index contributed by atoms with van der Waals surface area (Å²) in [6.45, 7) is 3.28. The smallest absolute Gasteiger partial charge is 0.243 e. The topological polar surface area (TPSA) is 109 Å². The first-order valence-corrected chi connectivity index (χ1v) is 14.9. The average molecular weight is 565 g/mol. The molecule has 0 spiro atoms. The van der Waals surface area contributed by atoms with Gasteiger partial charge in [0.2, 0.25) is 17.7 Å². The van der Waals surface area contributed by atoms with Crippen molar-refractivity contribution >= 4 is 17.7 Å². The summed E-state index contributed by atoms with van der Waals surface area (Å²) in [5.74, 6) is 0.182. The molecule has 0 saturated heterocycles. The second kappa shape index (κ2) is 13.5. The van der Waals surface area contributed by atoms with Crippen LogP contribution in [0.25, 0.3) is 0 Å². The fraction of sp³-hybridized carbons (Fsp3) is 0.531. The Morgan fingerprint density at radius 1 is 0.902 bits per heavy atom. The maximum absolute atomic E-state index is 13.9. The lowest BCUT2D eigenvalue weighted by Crippen LogP contribution is -2.57. The molecule has 9 heteroatoms. The monoisotopic (exact) mass is 564 g/mol. The number of hydrogen-bond donors (Lipinski definition) is 4. The van der Waals surface area contributed by atoms with E-state index in [1.54, 1.807) is 12.1 Å². The van der Waals surface area contributed by atoms with Crippen LogP contribution in [0.1, 0.15) is 50.2 Å². The predicted molar refractivity (Wildman–Crippen MR) is 154 cm³/mol. The third kappa shape index (κ3) is 8.52. The molecule has 2 fully saturated rings. The van der Waals surface area contributed by atoms with Gasteiger partial charge in [-0.2, -0.15) is 0 Å². The Labute approximate surface area is 241 Å². The van der Waals surface area contributed by atoms with Gasteiger partial charge in [-0.25, -0.2) is 4.39 Å². The standard InChI is InChI=1S/C32H41FN4O4/c1-20-15-24-6-2-3-8-28(24)41-14-13-34-26(18-22-5-4-7-25(33)16-22)31(39)37-29(23-11-12-23)32(40)36-27(17-21-9-10-21)30(38)35-19-20/h2-8,16,20-21,23,26-27,29,34H,9-15,17-19H2,1H3,(H,35,38)(H,36,40)(H,37,39)/t20-,26+,27-,29+/m0/s1. The van der Waals surface area contributed by atoms with Gasteiger partial charge in [0.15, 0.2) is 0 Å². The lowest BCUT2D eigenvalue weighted by molar-refractivity contribution is -0.133. The molecule has 220 valence electrons. The molecule has 4 N–H and O–H groups in total. The van der Waals surface area contributed by atoms with Crippen LogP contribution in [0.2, 0.25) is 0 Å². The molecule has 0 radical (unpaired) electrons. The van der Waals surface area contributed by atoms with Gasteiger partial charge in [-0.1, -0.05) is 50.1 Å². The number of para-hydroxylation sites is 1. The molecule has 3 amide bonds. The van der Waals surface area contributed by atoms with Crippen molar-refractivity contribution in [1.82, 2.24) is 21.3 Å². The van der Waals surface area contributed by atoms with Gasteiger partial charge >= 0.3 is 0 Å². The van der Waals surface area contributed by atoms with Gasteiger partial charge < -0.3 is 26.0 Å². The number of rotatable bonds is 5. The van der Waals surface area contributed by atoms with Crippen molar-refractivity contribution in [3.63, 3.8) is 0 Å². The number of fused-ring (bicyclic) bond motifs is 1. The lowest BCUT2D eigenvalue weighted by Gasteiger charge is -2.26. The Hall–Kier alpha value is -3.46. The zero-order valence-electron chi connectivity index (χ0n) is 23.7. The van der Waals surface area contributed by atoms with Gasteiger partial charge in [0.25, 0.3) is 0 Å². The summed E-state index contributed by atoms with van der Waals surface area (Å²) < 4.78 is 20.0. The van der Waals surface area contributed by atoms with Gasteiger partial charge in [-0.3, -0.25) is 14.4 Å². The van der Waals surface area contributed by atoms with Crippen LogP contribution in [0.5, 0.6) is 5.75 Å². The molecule has 2 saturated carbocycles. The van der Waals surface area contributed by atoms with Crippen LogP contribution in [0.15, 0.2) is 48.5 Å². The number of carbonyl (C=O) groups is 3. The van der Waals surface area contributed by atoms with Gasteiger partial charge in [0.1, 0.15) is 30.3 Å². The van der Waals surface area contributed by atoms with Crippen molar-refractivity contribution in [3.8, 4) is 5.75 Å². The third-order valence-corrected chi connectivity index (χ3v) is 8.13. The molecule has 2 aromatic carbocycles. The van der Waals surface area contributed by atoms with E-state index in [0.717, 1.165) is 43.4 Å². The largest absolute Gasteiger partial charge is 0.492 e. The Kier molecular flexibility index (Phi) is 9.54. The number of ether oxygens (including phenoxy) is 1. The molecule has 2 aliphatic carbocycles. The van der Waals surface area contributed by atoms with E-state index in [1.807, 2.05) is 24.3 Å². The predicted octanol–water partition coefficient (Wildman–Crippen LogP) is 2.89. The number of halogens is 1. The highest BCUT2D eigenvalue weighted by atomic mass is 19.1. The highest BCUT2D eigenvalue weighted by molar-refractivity contribution is 5.93. The van der Waals surface area contributed by atoms with E-state index < -0.39 is 18.1 Å². The van der Waals surface area contributed by atoms with E-state index in [2.05, 4.69) is 28.2 Å². The molecule has 0 unspecified atom stereocenters. The summed E-state index contributed by atoms with van der Waals surface area (Å²) in [7, 11) is 0.